The second-order valence-electron chi connectivity index (χ2n) is 7.86. The van der Waals surface area contributed by atoms with Crippen molar-refractivity contribution in [1.29, 1.82) is 0 Å². The van der Waals surface area contributed by atoms with Crippen LogP contribution < -0.4 is 10.9 Å². The molecule has 0 bridgehead atoms. The summed E-state index contributed by atoms with van der Waals surface area (Å²) in [6.45, 7) is 1.05. The quantitative estimate of drug-likeness (QED) is 0.652. The van der Waals surface area contributed by atoms with Gasteiger partial charge in [0.15, 0.2) is 0 Å². The molecule has 6 heteroatoms. The topological polar surface area (TPSA) is 46.9 Å². The normalized spacial score (nSPS) is 19.1. The number of thioether (sulfide) groups is 1. The molecule has 5 rings (SSSR count). The monoisotopic (exact) mass is 411 g/mol. The van der Waals surface area contributed by atoms with E-state index in [-0.39, 0.29) is 11.6 Å². The zero-order valence-electron chi connectivity index (χ0n) is 16.1. The van der Waals surface area contributed by atoms with Gasteiger partial charge in [-0.05, 0) is 55.1 Å². The number of hydrogen-bond donors (Lipinski definition) is 1. The van der Waals surface area contributed by atoms with Crippen molar-refractivity contribution in [3.05, 3.63) is 62.5 Å². The van der Waals surface area contributed by atoms with Crippen molar-refractivity contribution in [3.63, 3.8) is 0 Å². The van der Waals surface area contributed by atoms with Gasteiger partial charge in [0.25, 0.3) is 5.56 Å². The molecule has 1 atom stereocenters. The molecule has 0 radical (unpaired) electrons. The Balaban J connectivity index is 1.44. The van der Waals surface area contributed by atoms with Crippen molar-refractivity contribution >= 4 is 33.3 Å². The Labute approximate surface area is 173 Å². The summed E-state index contributed by atoms with van der Waals surface area (Å²) in [5.41, 5.74) is 4.16. The Hall–Kier alpha value is -1.63. The van der Waals surface area contributed by atoms with Gasteiger partial charge in [-0.3, -0.25) is 9.36 Å². The van der Waals surface area contributed by atoms with Gasteiger partial charge in [-0.2, -0.15) is 11.8 Å². The molecule has 2 aliphatic rings. The number of aryl methyl sites for hydroxylation is 1. The molecular weight excluding hydrogens is 386 g/mol. The van der Waals surface area contributed by atoms with Crippen LogP contribution in [0.5, 0.6) is 0 Å². The van der Waals surface area contributed by atoms with Crippen molar-refractivity contribution in [2.24, 2.45) is 0 Å². The van der Waals surface area contributed by atoms with E-state index in [1.165, 1.54) is 21.6 Å². The Kier molecular flexibility index (Phi) is 5.03. The minimum Gasteiger partial charge on any atom is -0.313 e. The van der Waals surface area contributed by atoms with E-state index in [2.05, 4.69) is 35.8 Å². The van der Waals surface area contributed by atoms with Gasteiger partial charge in [0.05, 0.1) is 11.7 Å². The SMILES string of the molecule is CSCCNC1CCc2c(sc3ncn(C4Cc5ccccc5C4)c(=O)c23)C1. The number of benzene rings is 1. The van der Waals surface area contributed by atoms with Gasteiger partial charge < -0.3 is 5.32 Å². The van der Waals surface area contributed by atoms with Crippen LogP contribution in [0.2, 0.25) is 0 Å². The van der Waals surface area contributed by atoms with Crippen molar-refractivity contribution in [2.45, 2.75) is 44.2 Å². The van der Waals surface area contributed by atoms with Gasteiger partial charge in [0.2, 0.25) is 0 Å². The zero-order chi connectivity index (χ0) is 19.1. The number of fused-ring (bicyclic) bond motifs is 4. The van der Waals surface area contributed by atoms with Crippen LogP contribution >= 0.6 is 23.1 Å². The molecule has 1 aromatic carbocycles. The van der Waals surface area contributed by atoms with Crippen LogP contribution in [-0.2, 0) is 25.7 Å². The molecule has 0 fully saturated rings. The largest absolute Gasteiger partial charge is 0.313 e. The third kappa shape index (κ3) is 3.21. The Bertz CT molecular complexity index is 1050. The van der Waals surface area contributed by atoms with E-state index in [4.69, 9.17) is 4.98 Å². The van der Waals surface area contributed by atoms with E-state index in [0.717, 1.165) is 54.6 Å². The minimum absolute atomic E-state index is 0.161. The Morgan fingerprint density at radius 1 is 1.25 bits per heavy atom. The molecule has 2 aliphatic carbocycles. The van der Waals surface area contributed by atoms with Crippen molar-refractivity contribution in [2.75, 3.05) is 18.6 Å². The highest BCUT2D eigenvalue weighted by atomic mass is 32.2. The highest BCUT2D eigenvalue weighted by molar-refractivity contribution is 7.98. The highest BCUT2D eigenvalue weighted by Gasteiger charge is 2.28. The fraction of sp³-hybridized carbons (Fsp3) is 0.455. The lowest BCUT2D eigenvalue weighted by Gasteiger charge is -2.23. The lowest BCUT2D eigenvalue weighted by atomic mass is 9.93. The van der Waals surface area contributed by atoms with Crippen LogP contribution in [0.25, 0.3) is 10.2 Å². The van der Waals surface area contributed by atoms with Crippen molar-refractivity contribution in [1.82, 2.24) is 14.9 Å². The minimum atomic E-state index is 0.161. The Morgan fingerprint density at radius 3 is 2.79 bits per heavy atom. The summed E-state index contributed by atoms with van der Waals surface area (Å²) >= 11 is 3.60. The molecular formula is C22H25N3OS2. The summed E-state index contributed by atoms with van der Waals surface area (Å²) in [5, 5.41) is 4.56. The average Bonchev–Trinajstić information content (AvgIpc) is 3.29. The lowest BCUT2D eigenvalue weighted by molar-refractivity contribution is 0.477. The maximum atomic E-state index is 13.4. The van der Waals surface area contributed by atoms with E-state index < -0.39 is 0 Å². The molecule has 1 N–H and O–H groups in total. The smallest absolute Gasteiger partial charge is 0.262 e. The molecule has 0 spiro atoms. The molecule has 0 amide bonds. The number of hydrogen-bond acceptors (Lipinski definition) is 5. The van der Waals surface area contributed by atoms with E-state index in [9.17, 15) is 4.79 Å². The molecule has 4 nitrogen and oxygen atoms in total. The average molecular weight is 412 g/mol. The van der Waals surface area contributed by atoms with Crippen molar-refractivity contribution in [3.8, 4) is 0 Å². The number of rotatable bonds is 5. The van der Waals surface area contributed by atoms with Gasteiger partial charge >= 0.3 is 0 Å². The van der Waals surface area contributed by atoms with Gasteiger partial charge in [-0.25, -0.2) is 4.98 Å². The number of nitrogens with zero attached hydrogens (tertiary/aromatic N) is 2. The third-order valence-electron chi connectivity index (χ3n) is 6.16. The first-order valence-corrected chi connectivity index (χ1v) is 12.3. The standard InChI is InChI=1S/C22H25N3OS2/c1-27-9-8-23-16-6-7-18-19(12-16)28-21-20(18)22(26)25(13-24-21)17-10-14-4-2-3-5-15(14)11-17/h2-5,13,16-17,23H,6-12H2,1H3. The molecule has 3 aromatic rings. The van der Waals surface area contributed by atoms with Crippen LogP contribution in [0.15, 0.2) is 35.4 Å². The number of aromatic nitrogens is 2. The summed E-state index contributed by atoms with van der Waals surface area (Å²) in [6.07, 6.45) is 8.91. The molecule has 2 heterocycles. The zero-order valence-corrected chi connectivity index (χ0v) is 17.7. The van der Waals surface area contributed by atoms with E-state index in [0.29, 0.717) is 6.04 Å². The maximum absolute atomic E-state index is 13.4. The van der Waals surface area contributed by atoms with Gasteiger partial charge in [0.1, 0.15) is 4.83 Å². The fourth-order valence-corrected chi connectivity index (χ4v) is 6.29. The summed E-state index contributed by atoms with van der Waals surface area (Å²) in [4.78, 5) is 20.4. The van der Waals surface area contributed by atoms with Gasteiger partial charge in [-0.1, -0.05) is 24.3 Å². The van der Waals surface area contributed by atoms with E-state index in [1.54, 1.807) is 17.7 Å². The number of nitrogens with one attached hydrogen (secondary N) is 1. The van der Waals surface area contributed by atoms with Crippen LogP contribution in [-0.4, -0.2) is 34.1 Å². The second kappa shape index (κ2) is 7.65. The van der Waals surface area contributed by atoms with Crippen LogP contribution in [0, 0.1) is 0 Å². The fourth-order valence-electron chi connectivity index (χ4n) is 4.71. The first-order chi connectivity index (χ1) is 13.7. The van der Waals surface area contributed by atoms with Crippen molar-refractivity contribution < 1.29 is 0 Å². The first kappa shape index (κ1) is 18.4. The highest BCUT2D eigenvalue weighted by Crippen LogP contribution is 2.35. The van der Waals surface area contributed by atoms with Gasteiger partial charge in [0, 0.05) is 29.3 Å². The molecule has 1 unspecified atom stereocenters. The molecule has 0 aliphatic heterocycles. The molecule has 0 saturated heterocycles. The molecule has 146 valence electrons. The summed E-state index contributed by atoms with van der Waals surface area (Å²) in [6, 6.07) is 9.27. The molecule has 0 saturated carbocycles. The van der Waals surface area contributed by atoms with Crippen LogP contribution in [0.1, 0.15) is 34.0 Å². The van der Waals surface area contributed by atoms with Crippen LogP contribution in [0.4, 0.5) is 0 Å². The maximum Gasteiger partial charge on any atom is 0.262 e. The van der Waals surface area contributed by atoms with Crippen LogP contribution in [0.3, 0.4) is 0 Å². The lowest BCUT2D eigenvalue weighted by Crippen LogP contribution is -2.35. The predicted molar refractivity (Wildman–Crippen MR) is 119 cm³/mol. The summed E-state index contributed by atoms with van der Waals surface area (Å²) in [5.74, 6) is 1.14. The third-order valence-corrected chi connectivity index (χ3v) is 7.93. The molecule has 28 heavy (non-hydrogen) atoms. The van der Waals surface area contributed by atoms with Gasteiger partial charge in [-0.15, -0.1) is 11.3 Å². The second-order valence-corrected chi connectivity index (χ2v) is 9.93. The summed E-state index contributed by atoms with van der Waals surface area (Å²) < 4.78 is 1.90. The predicted octanol–water partition coefficient (Wildman–Crippen LogP) is 3.61. The first-order valence-electron chi connectivity index (χ1n) is 10.0. The van der Waals surface area contributed by atoms with E-state index >= 15 is 0 Å². The van der Waals surface area contributed by atoms with E-state index in [1.807, 2.05) is 16.3 Å². The summed E-state index contributed by atoms with van der Waals surface area (Å²) in [7, 11) is 0. The number of thiophene rings is 1. The Morgan fingerprint density at radius 2 is 2.04 bits per heavy atom. The molecule has 2 aromatic heterocycles.